The minimum Gasteiger partial charge on any atom is -0.462 e. The Balaban J connectivity index is 2.58. The van der Waals surface area contributed by atoms with Gasteiger partial charge in [0, 0.05) is 22.6 Å². The van der Waals surface area contributed by atoms with Crippen LogP contribution in [-0.4, -0.2) is 24.1 Å². The van der Waals surface area contributed by atoms with Gasteiger partial charge in [-0.05, 0) is 38.0 Å². The van der Waals surface area contributed by atoms with Gasteiger partial charge in [0.2, 0.25) is 0 Å². The molecule has 1 aromatic rings. The number of hydrogen-bond acceptors (Lipinski definition) is 4. The van der Waals surface area contributed by atoms with Crippen LogP contribution in [0.15, 0.2) is 11.0 Å². The molecule has 1 aliphatic rings. The lowest BCUT2D eigenvalue weighted by molar-refractivity contribution is 0.0525. The van der Waals surface area contributed by atoms with Gasteiger partial charge < -0.3 is 4.74 Å². The van der Waals surface area contributed by atoms with Gasteiger partial charge >= 0.3 is 5.97 Å². The molecule has 0 saturated carbocycles. The van der Waals surface area contributed by atoms with Gasteiger partial charge in [0.25, 0.3) is 0 Å². The number of ketones is 1. The highest BCUT2D eigenvalue weighted by Crippen LogP contribution is 2.36. The highest BCUT2D eigenvalue weighted by Gasteiger charge is 2.25. The largest absolute Gasteiger partial charge is 0.462 e. The molecule has 4 heteroatoms. The van der Waals surface area contributed by atoms with E-state index in [0.717, 1.165) is 21.8 Å². The van der Waals surface area contributed by atoms with Crippen molar-refractivity contribution in [2.45, 2.75) is 32.1 Å². The van der Waals surface area contributed by atoms with Gasteiger partial charge in [0.05, 0.1) is 12.2 Å². The summed E-state index contributed by atoms with van der Waals surface area (Å²) in [5, 5.41) is 0. The zero-order valence-electron chi connectivity index (χ0n) is 10.8. The Morgan fingerprint density at radius 1 is 1.44 bits per heavy atom. The van der Waals surface area contributed by atoms with Crippen LogP contribution in [0.5, 0.6) is 0 Å². The molecule has 0 aromatic heterocycles. The van der Waals surface area contributed by atoms with Crippen LogP contribution in [-0.2, 0) is 4.74 Å². The van der Waals surface area contributed by atoms with Gasteiger partial charge in [-0.2, -0.15) is 0 Å². The fourth-order valence-electron chi connectivity index (χ4n) is 2.21. The lowest BCUT2D eigenvalue weighted by Gasteiger charge is -2.20. The molecule has 1 aromatic carbocycles. The quantitative estimate of drug-likeness (QED) is 0.770. The van der Waals surface area contributed by atoms with Gasteiger partial charge in [0.15, 0.2) is 5.78 Å². The van der Waals surface area contributed by atoms with Crippen molar-refractivity contribution in [2.24, 2.45) is 0 Å². The first-order chi connectivity index (χ1) is 8.56. The molecule has 3 nitrogen and oxygen atoms in total. The number of carbonyl (C=O) groups is 2. The molecule has 0 saturated heterocycles. The molecular formula is C14H16O3S. The number of ether oxygens (including phenoxy) is 1. The predicted octanol–water partition coefficient (Wildman–Crippen LogP) is 3.16. The van der Waals surface area contributed by atoms with Gasteiger partial charge in [-0.25, -0.2) is 4.79 Å². The van der Waals surface area contributed by atoms with Crippen molar-refractivity contribution >= 4 is 23.5 Å². The first-order valence-corrected chi connectivity index (χ1v) is 7.02. The minimum absolute atomic E-state index is 0.135. The Morgan fingerprint density at radius 2 is 2.17 bits per heavy atom. The predicted molar refractivity (Wildman–Crippen MR) is 71.5 cm³/mol. The molecule has 1 aliphatic heterocycles. The van der Waals surface area contributed by atoms with Crippen LogP contribution in [0.1, 0.15) is 45.2 Å². The van der Waals surface area contributed by atoms with E-state index in [1.54, 1.807) is 18.7 Å². The number of Topliss-reactive ketones (excluding diaryl/α,β-unsaturated/α-hetero) is 1. The number of esters is 1. The maximum absolute atomic E-state index is 12.0. The second kappa shape index (κ2) is 5.14. The Kier molecular flexibility index (Phi) is 3.76. The van der Waals surface area contributed by atoms with Gasteiger partial charge in [-0.1, -0.05) is 0 Å². The van der Waals surface area contributed by atoms with Crippen molar-refractivity contribution in [3.8, 4) is 0 Å². The van der Waals surface area contributed by atoms with E-state index in [0.29, 0.717) is 24.2 Å². The van der Waals surface area contributed by atoms with Crippen LogP contribution in [0.3, 0.4) is 0 Å². The third kappa shape index (κ3) is 2.17. The monoisotopic (exact) mass is 264 g/mol. The molecule has 0 atom stereocenters. The van der Waals surface area contributed by atoms with E-state index in [-0.39, 0.29) is 11.8 Å². The van der Waals surface area contributed by atoms with E-state index in [1.165, 1.54) is 0 Å². The third-order valence-corrected chi connectivity index (χ3v) is 4.30. The molecule has 0 N–H and O–H groups in total. The lowest BCUT2D eigenvalue weighted by atomic mass is 9.95. The Morgan fingerprint density at radius 3 is 2.83 bits per heavy atom. The van der Waals surface area contributed by atoms with Crippen molar-refractivity contribution in [1.29, 1.82) is 0 Å². The SMILES string of the molecule is CCOC(=O)c1cc(C)c2c(c1C)C(=O)CCS2. The van der Waals surface area contributed by atoms with E-state index >= 15 is 0 Å². The number of hydrogen-bond donors (Lipinski definition) is 0. The average Bonchev–Trinajstić information content (AvgIpc) is 2.33. The lowest BCUT2D eigenvalue weighted by Crippen LogP contribution is -2.16. The number of aryl methyl sites for hydroxylation is 1. The Bertz CT molecular complexity index is 520. The molecule has 2 rings (SSSR count). The van der Waals surface area contributed by atoms with Crippen LogP contribution in [0.2, 0.25) is 0 Å². The summed E-state index contributed by atoms with van der Waals surface area (Å²) in [6.07, 6.45) is 0.546. The summed E-state index contributed by atoms with van der Waals surface area (Å²) < 4.78 is 5.03. The highest BCUT2D eigenvalue weighted by molar-refractivity contribution is 7.99. The van der Waals surface area contributed by atoms with E-state index in [9.17, 15) is 9.59 Å². The van der Waals surface area contributed by atoms with E-state index < -0.39 is 0 Å². The zero-order chi connectivity index (χ0) is 13.3. The normalized spacial score (nSPS) is 14.3. The topological polar surface area (TPSA) is 43.4 Å². The van der Waals surface area contributed by atoms with Crippen molar-refractivity contribution in [3.63, 3.8) is 0 Å². The summed E-state index contributed by atoms with van der Waals surface area (Å²) in [4.78, 5) is 24.9. The fraction of sp³-hybridized carbons (Fsp3) is 0.429. The van der Waals surface area contributed by atoms with Crippen molar-refractivity contribution in [2.75, 3.05) is 12.4 Å². The summed E-state index contributed by atoms with van der Waals surface area (Å²) >= 11 is 1.69. The first-order valence-electron chi connectivity index (χ1n) is 6.03. The molecule has 0 radical (unpaired) electrons. The van der Waals surface area contributed by atoms with E-state index in [2.05, 4.69) is 0 Å². The van der Waals surface area contributed by atoms with Crippen LogP contribution in [0.25, 0.3) is 0 Å². The number of carbonyl (C=O) groups excluding carboxylic acids is 2. The fourth-order valence-corrected chi connectivity index (χ4v) is 3.40. The Labute approximate surface area is 111 Å². The summed E-state index contributed by atoms with van der Waals surface area (Å²) in [6, 6.07) is 1.83. The molecule has 0 unspecified atom stereocenters. The molecule has 1 heterocycles. The van der Waals surface area contributed by atoms with Gasteiger partial charge in [0.1, 0.15) is 0 Å². The minimum atomic E-state index is -0.343. The molecule has 96 valence electrons. The third-order valence-electron chi connectivity index (χ3n) is 3.07. The van der Waals surface area contributed by atoms with Crippen molar-refractivity contribution in [3.05, 3.63) is 28.3 Å². The molecule has 0 fully saturated rings. The van der Waals surface area contributed by atoms with Crippen molar-refractivity contribution < 1.29 is 14.3 Å². The summed E-state index contributed by atoms with van der Waals surface area (Å²) in [7, 11) is 0. The zero-order valence-corrected chi connectivity index (χ0v) is 11.6. The van der Waals surface area contributed by atoms with Crippen LogP contribution in [0, 0.1) is 13.8 Å². The average molecular weight is 264 g/mol. The number of rotatable bonds is 2. The maximum Gasteiger partial charge on any atom is 0.338 e. The van der Waals surface area contributed by atoms with Gasteiger partial charge in [-0.3, -0.25) is 4.79 Å². The highest BCUT2D eigenvalue weighted by atomic mass is 32.2. The molecule has 0 aliphatic carbocycles. The summed E-state index contributed by atoms with van der Waals surface area (Å²) in [6.45, 7) is 5.89. The van der Waals surface area contributed by atoms with Crippen LogP contribution in [0.4, 0.5) is 0 Å². The molecule has 0 amide bonds. The molecular weight excluding hydrogens is 248 g/mol. The summed E-state index contributed by atoms with van der Waals surface area (Å²) in [5.74, 6) is 0.616. The van der Waals surface area contributed by atoms with Gasteiger partial charge in [-0.15, -0.1) is 11.8 Å². The standard InChI is InChI=1S/C14H16O3S/c1-4-17-14(16)10-7-8(2)13-12(9(10)3)11(15)5-6-18-13/h7H,4-6H2,1-3H3. The number of thioether (sulfide) groups is 1. The smallest absolute Gasteiger partial charge is 0.338 e. The Hall–Kier alpha value is -1.29. The van der Waals surface area contributed by atoms with Crippen LogP contribution < -0.4 is 0 Å². The number of fused-ring (bicyclic) bond motifs is 1. The van der Waals surface area contributed by atoms with Crippen LogP contribution >= 0.6 is 11.8 Å². The second-order valence-electron chi connectivity index (χ2n) is 4.31. The molecule has 18 heavy (non-hydrogen) atoms. The molecule has 0 spiro atoms. The van der Waals surface area contributed by atoms with Crippen molar-refractivity contribution in [1.82, 2.24) is 0 Å². The molecule has 0 bridgehead atoms. The maximum atomic E-state index is 12.0. The van der Waals surface area contributed by atoms with E-state index in [4.69, 9.17) is 4.74 Å². The number of benzene rings is 1. The second-order valence-corrected chi connectivity index (χ2v) is 5.42. The summed E-state index contributed by atoms with van der Waals surface area (Å²) in [5.41, 5.74) is 2.97. The van der Waals surface area contributed by atoms with E-state index in [1.807, 2.05) is 19.9 Å². The first kappa shape index (κ1) is 13.1.